The van der Waals surface area contributed by atoms with Crippen LogP contribution in [-0.2, 0) is 9.59 Å². The molecule has 0 saturated carbocycles. The lowest BCUT2D eigenvalue weighted by Crippen LogP contribution is -2.37. The van der Waals surface area contributed by atoms with E-state index in [9.17, 15) is 9.59 Å². The molecule has 0 bridgehead atoms. The highest BCUT2D eigenvalue weighted by Gasteiger charge is 2.13. The minimum Gasteiger partial charge on any atom is -0.334 e. The van der Waals surface area contributed by atoms with Gasteiger partial charge < -0.3 is 10.2 Å². The van der Waals surface area contributed by atoms with Gasteiger partial charge in [0.2, 0.25) is 11.8 Å². The minimum atomic E-state index is -0.195. The quantitative estimate of drug-likeness (QED) is 0.785. The summed E-state index contributed by atoms with van der Waals surface area (Å²) in [5.41, 5.74) is 0.677. The van der Waals surface area contributed by atoms with Gasteiger partial charge in [-0.1, -0.05) is 31.4 Å². The molecule has 0 unspecified atom stereocenters. The SMILES string of the molecule is CCCCCN(CC(=O)Nc1ccc(Cl)cc1)C(C)=O. The first-order valence-electron chi connectivity index (χ1n) is 6.84. The molecule has 0 heterocycles. The predicted octanol–water partition coefficient (Wildman–Crippen LogP) is 3.32. The summed E-state index contributed by atoms with van der Waals surface area (Å²) in [4.78, 5) is 25.0. The molecule has 0 saturated heterocycles. The van der Waals surface area contributed by atoms with Crippen molar-refractivity contribution in [3.05, 3.63) is 29.3 Å². The number of halogens is 1. The van der Waals surface area contributed by atoms with Crippen LogP contribution in [-0.4, -0.2) is 29.8 Å². The Morgan fingerprint density at radius 2 is 1.85 bits per heavy atom. The van der Waals surface area contributed by atoms with E-state index < -0.39 is 0 Å². The smallest absolute Gasteiger partial charge is 0.243 e. The molecule has 20 heavy (non-hydrogen) atoms. The van der Waals surface area contributed by atoms with Gasteiger partial charge in [-0.25, -0.2) is 0 Å². The number of rotatable bonds is 7. The molecule has 5 heteroatoms. The third kappa shape index (κ3) is 6.06. The van der Waals surface area contributed by atoms with Crippen LogP contribution < -0.4 is 5.32 Å². The van der Waals surface area contributed by atoms with Crippen molar-refractivity contribution >= 4 is 29.1 Å². The average Bonchev–Trinajstić information content (AvgIpc) is 2.40. The molecule has 1 rings (SSSR count). The molecule has 0 atom stereocenters. The van der Waals surface area contributed by atoms with Gasteiger partial charge in [-0.15, -0.1) is 0 Å². The van der Waals surface area contributed by atoms with Gasteiger partial charge in [0, 0.05) is 24.2 Å². The van der Waals surface area contributed by atoms with E-state index in [1.165, 1.54) is 6.92 Å². The molecular formula is C15H21ClN2O2. The second kappa shape index (κ2) is 8.59. The van der Waals surface area contributed by atoms with Gasteiger partial charge in [0.25, 0.3) is 0 Å². The molecule has 0 aromatic heterocycles. The molecule has 0 aliphatic carbocycles. The van der Waals surface area contributed by atoms with E-state index in [0.717, 1.165) is 19.3 Å². The summed E-state index contributed by atoms with van der Waals surface area (Å²) in [6.07, 6.45) is 3.07. The molecule has 4 nitrogen and oxygen atoms in total. The number of anilines is 1. The van der Waals surface area contributed by atoms with Crippen LogP contribution in [0.25, 0.3) is 0 Å². The van der Waals surface area contributed by atoms with Gasteiger partial charge in [0.1, 0.15) is 0 Å². The Morgan fingerprint density at radius 3 is 2.40 bits per heavy atom. The molecule has 1 N–H and O–H groups in total. The van der Waals surface area contributed by atoms with Crippen LogP contribution in [0.5, 0.6) is 0 Å². The fourth-order valence-electron chi connectivity index (χ4n) is 1.81. The third-order valence-corrected chi connectivity index (χ3v) is 3.19. The van der Waals surface area contributed by atoms with Gasteiger partial charge in [-0.3, -0.25) is 9.59 Å². The maximum Gasteiger partial charge on any atom is 0.243 e. The second-order valence-corrected chi connectivity index (χ2v) is 5.14. The van der Waals surface area contributed by atoms with Gasteiger partial charge >= 0.3 is 0 Å². The Kier molecular flexibility index (Phi) is 7.09. The zero-order chi connectivity index (χ0) is 15.0. The Morgan fingerprint density at radius 1 is 1.20 bits per heavy atom. The van der Waals surface area contributed by atoms with Crippen molar-refractivity contribution in [2.75, 3.05) is 18.4 Å². The maximum absolute atomic E-state index is 11.9. The van der Waals surface area contributed by atoms with Crippen molar-refractivity contribution in [3.63, 3.8) is 0 Å². The summed E-state index contributed by atoms with van der Waals surface area (Å²) in [7, 11) is 0. The van der Waals surface area contributed by atoms with Crippen LogP contribution in [0.2, 0.25) is 5.02 Å². The monoisotopic (exact) mass is 296 g/mol. The molecule has 2 amide bonds. The second-order valence-electron chi connectivity index (χ2n) is 4.70. The van der Waals surface area contributed by atoms with E-state index in [-0.39, 0.29) is 18.4 Å². The summed E-state index contributed by atoms with van der Waals surface area (Å²) >= 11 is 5.78. The summed E-state index contributed by atoms with van der Waals surface area (Å²) in [5.74, 6) is -0.272. The molecule has 0 aliphatic rings. The van der Waals surface area contributed by atoms with Crippen molar-refractivity contribution in [1.82, 2.24) is 4.90 Å². The molecule has 1 aromatic rings. The fourth-order valence-corrected chi connectivity index (χ4v) is 1.93. The topological polar surface area (TPSA) is 49.4 Å². The number of amides is 2. The summed E-state index contributed by atoms with van der Waals surface area (Å²) < 4.78 is 0. The summed E-state index contributed by atoms with van der Waals surface area (Å²) in [6, 6.07) is 6.88. The predicted molar refractivity (Wildman–Crippen MR) is 81.9 cm³/mol. The summed E-state index contributed by atoms with van der Waals surface area (Å²) in [5, 5.41) is 3.37. The van der Waals surface area contributed by atoms with Gasteiger partial charge in [-0.05, 0) is 30.7 Å². The van der Waals surface area contributed by atoms with E-state index in [4.69, 9.17) is 11.6 Å². The van der Waals surface area contributed by atoms with Crippen molar-refractivity contribution in [2.45, 2.75) is 33.1 Å². The number of nitrogens with zero attached hydrogens (tertiary/aromatic N) is 1. The highest BCUT2D eigenvalue weighted by molar-refractivity contribution is 6.30. The van der Waals surface area contributed by atoms with Crippen molar-refractivity contribution < 1.29 is 9.59 Å². The molecule has 110 valence electrons. The first-order chi connectivity index (χ1) is 9.52. The van der Waals surface area contributed by atoms with Crippen LogP contribution in [0.3, 0.4) is 0 Å². The summed E-state index contributed by atoms with van der Waals surface area (Å²) in [6.45, 7) is 4.30. The highest BCUT2D eigenvalue weighted by Crippen LogP contribution is 2.13. The van der Waals surface area contributed by atoms with E-state index in [2.05, 4.69) is 12.2 Å². The molecule has 1 aromatic carbocycles. The molecule has 0 fully saturated rings. The number of hydrogen-bond acceptors (Lipinski definition) is 2. The normalized spacial score (nSPS) is 10.2. The van der Waals surface area contributed by atoms with Crippen LogP contribution >= 0.6 is 11.6 Å². The van der Waals surface area contributed by atoms with Crippen molar-refractivity contribution in [3.8, 4) is 0 Å². The van der Waals surface area contributed by atoms with Crippen LogP contribution in [0.15, 0.2) is 24.3 Å². The van der Waals surface area contributed by atoms with Crippen molar-refractivity contribution in [2.24, 2.45) is 0 Å². The Hall–Kier alpha value is -1.55. The van der Waals surface area contributed by atoms with Gasteiger partial charge in [0.15, 0.2) is 0 Å². The lowest BCUT2D eigenvalue weighted by Gasteiger charge is -2.20. The Labute approximate surface area is 125 Å². The number of carbonyl (C=O) groups excluding carboxylic acids is 2. The Bertz CT molecular complexity index is 446. The zero-order valence-corrected chi connectivity index (χ0v) is 12.7. The number of nitrogens with one attached hydrogen (secondary N) is 1. The first-order valence-corrected chi connectivity index (χ1v) is 7.21. The molecular weight excluding hydrogens is 276 g/mol. The largest absolute Gasteiger partial charge is 0.334 e. The van der Waals surface area contributed by atoms with Crippen molar-refractivity contribution in [1.29, 1.82) is 0 Å². The molecule has 0 spiro atoms. The van der Waals surface area contributed by atoms with Crippen LogP contribution in [0.1, 0.15) is 33.1 Å². The maximum atomic E-state index is 11.9. The third-order valence-electron chi connectivity index (χ3n) is 2.94. The van der Waals surface area contributed by atoms with Gasteiger partial charge in [-0.2, -0.15) is 0 Å². The Balaban J connectivity index is 2.48. The number of hydrogen-bond donors (Lipinski definition) is 1. The van der Waals surface area contributed by atoms with Gasteiger partial charge in [0.05, 0.1) is 6.54 Å². The number of benzene rings is 1. The molecule has 0 radical (unpaired) electrons. The molecule has 0 aliphatic heterocycles. The fraction of sp³-hybridized carbons (Fsp3) is 0.467. The van der Waals surface area contributed by atoms with E-state index in [1.807, 2.05) is 0 Å². The van der Waals surface area contributed by atoms with E-state index in [0.29, 0.717) is 17.3 Å². The first kappa shape index (κ1) is 16.5. The zero-order valence-electron chi connectivity index (χ0n) is 12.0. The lowest BCUT2D eigenvalue weighted by molar-refractivity contribution is -0.132. The van der Waals surface area contributed by atoms with Crippen LogP contribution in [0, 0.1) is 0 Å². The van der Waals surface area contributed by atoms with E-state index in [1.54, 1.807) is 29.2 Å². The standard InChI is InChI=1S/C15H21ClN2O2/c1-3-4-5-10-18(12(2)19)11-15(20)17-14-8-6-13(16)7-9-14/h6-9H,3-5,10-11H2,1-2H3,(H,17,20). The highest BCUT2D eigenvalue weighted by atomic mass is 35.5. The number of unbranched alkanes of at least 4 members (excludes halogenated alkanes) is 2. The average molecular weight is 297 g/mol. The lowest BCUT2D eigenvalue weighted by atomic mass is 10.2. The number of carbonyl (C=O) groups is 2. The van der Waals surface area contributed by atoms with E-state index >= 15 is 0 Å². The van der Waals surface area contributed by atoms with Crippen LogP contribution in [0.4, 0.5) is 5.69 Å². The minimum absolute atomic E-state index is 0.0765.